The van der Waals surface area contributed by atoms with Crippen molar-refractivity contribution in [3.8, 4) is 17.1 Å². The zero-order chi connectivity index (χ0) is 23.3. The van der Waals surface area contributed by atoms with Gasteiger partial charge in [0.1, 0.15) is 12.4 Å². The van der Waals surface area contributed by atoms with E-state index < -0.39 is 51.5 Å². The van der Waals surface area contributed by atoms with Crippen molar-refractivity contribution in [2.45, 2.75) is 11.2 Å². The molecule has 0 fully saturated rings. The van der Waals surface area contributed by atoms with Crippen LogP contribution < -0.4 is 0 Å². The van der Waals surface area contributed by atoms with Crippen molar-refractivity contribution in [3.05, 3.63) is 64.3 Å². The van der Waals surface area contributed by atoms with Crippen LogP contribution in [0.2, 0.25) is 10.0 Å². The fourth-order valence-corrected chi connectivity index (χ4v) is 5.33. The number of carbonyl (C=O) groups excluding carboxylic acids is 1. The van der Waals surface area contributed by atoms with E-state index in [2.05, 4.69) is 4.98 Å². The standard InChI is InChI=1S/C20H14Cl2F3N3O3S/c21-12-5-7-13(8-6-12)28-17(14-3-1-2-4-15(14)22)26-16-18(29)27(11-20(23,24)25)9-10-32(30,31)19(16)28/h1-8H,9-11H2. The minimum absolute atomic E-state index is 0.00806. The highest BCUT2D eigenvalue weighted by Crippen LogP contribution is 2.36. The van der Waals surface area contributed by atoms with Crippen molar-refractivity contribution in [1.29, 1.82) is 0 Å². The van der Waals surface area contributed by atoms with Crippen LogP contribution in [0.25, 0.3) is 17.1 Å². The number of benzene rings is 2. The summed E-state index contributed by atoms with van der Waals surface area (Å²) in [5.74, 6) is -1.81. The predicted octanol–water partition coefficient (Wildman–Crippen LogP) is 4.64. The smallest absolute Gasteiger partial charge is 0.327 e. The number of hydrogen-bond donors (Lipinski definition) is 0. The zero-order valence-electron chi connectivity index (χ0n) is 16.1. The molecule has 3 aromatic rings. The summed E-state index contributed by atoms with van der Waals surface area (Å²) in [6, 6.07) is 12.5. The van der Waals surface area contributed by atoms with Crippen LogP contribution in [0, 0.1) is 0 Å². The number of sulfone groups is 1. The Bertz CT molecular complexity index is 1310. The third-order valence-electron chi connectivity index (χ3n) is 4.82. The molecule has 0 bridgehead atoms. The van der Waals surface area contributed by atoms with Crippen LogP contribution >= 0.6 is 23.2 Å². The topological polar surface area (TPSA) is 72.3 Å². The third kappa shape index (κ3) is 4.22. The largest absolute Gasteiger partial charge is 0.406 e. The van der Waals surface area contributed by atoms with Crippen LogP contribution in [-0.4, -0.2) is 53.8 Å². The Balaban J connectivity index is 2.03. The average molecular weight is 504 g/mol. The summed E-state index contributed by atoms with van der Waals surface area (Å²) in [7, 11) is -4.19. The summed E-state index contributed by atoms with van der Waals surface area (Å²) >= 11 is 12.2. The maximum absolute atomic E-state index is 13.2. The molecular weight excluding hydrogens is 490 g/mol. The maximum atomic E-state index is 13.2. The summed E-state index contributed by atoms with van der Waals surface area (Å²) in [6.07, 6.45) is -4.70. The Morgan fingerprint density at radius 1 is 1.03 bits per heavy atom. The van der Waals surface area contributed by atoms with Gasteiger partial charge in [-0.1, -0.05) is 35.3 Å². The molecule has 0 spiro atoms. The number of imidazole rings is 1. The normalized spacial score (nSPS) is 16.0. The molecule has 32 heavy (non-hydrogen) atoms. The summed E-state index contributed by atoms with van der Waals surface area (Å²) in [5, 5.41) is 0.124. The molecule has 168 valence electrons. The van der Waals surface area contributed by atoms with Gasteiger partial charge in [0.05, 0.1) is 10.8 Å². The lowest BCUT2D eigenvalue weighted by atomic mass is 10.2. The number of aromatic nitrogens is 2. The lowest BCUT2D eigenvalue weighted by molar-refractivity contribution is -0.140. The molecule has 1 aliphatic heterocycles. The van der Waals surface area contributed by atoms with Crippen LogP contribution in [0.4, 0.5) is 13.2 Å². The number of fused-ring (bicyclic) bond motifs is 1. The van der Waals surface area contributed by atoms with Crippen molar-refractivity contribution in [2.24, 2.45) is 0 Å². The highest BCUT2D eigenvalue weighted by Gasteiger charge is 2.42. The highest BCUT2D eigenvalue weighted by atomic mass is 35.5. The number of alkyl halides is 3. The Morgan fingerprint density at radius 3 is 2.31 bits per heavy atom. The fraction of sp³-hybridized carbons (Fsp3) is 0.200. The van der Waals surface area contributed by atoms with E-state index >= 15 is 0 Å². The molecule has 12 heteroatoms. The van der Waals surface area contributed by atoms with Gasteiger partial charge >= 0.3 is 6.18 Å². The highest BCUT2D eigenvalue weighted by molar-refractivity contribution is 7.91. The molecule has 2 aromatic carbocycles. The molecule has 0 atom stereocenters. The van der Waals surface area contributed by atoms with Crippen molar-refractivity contribution in [3.63, 3.8) is 0 Å². The summed E-state index contributed by atoms with van der Waals surface area (Å²) in [6.45, 7) is -2.20. The van der Waals surface area contributed by atoms with Crippen molar-refractivity contribution < 1.29 is 26.4 Å². The molecule has 0 saturated carbocycles. The number of amides is 1. The van der Waals surface area contributed by atoms with Gasteiger partial charge in [-0.25, -0.2) is 13.4 Å². The van der Waals surface area contributed by atoms with Crippen LogP contribution in [0.3, 0.4) is 0 Å². The van der Waals surface area contributed by atoms with Gasteiger partial charge in [0, 0.05) is 22.8 Å². The zero-order valence-corrected chi connectivity index (χ0v) is 18.4. The molecule has 1 aliphatic rings. The number of carbonyl (C=O) groups is 1. The van der Waals surface area contributed by atoms with Gasteiger partial charge in [-0.2, -0.15) is 13.2 Å². The lowest BCUT2D eigenvalue weighted by Crippen LogP contribution is -2.40. The second-order valence-corrected chi connectivity index (χ2v) is 9.91. The van der Waals surface area contributed by atoms with Gasteiger partial charge in [0.25, 0.3) is 5.91 Å². The molecule has 6 nitrogen and oxygen atoms in total. The Morgan fingerprint density at radius 2 is 1.69 bits per heavy atom. The molecular formula is C20H14Cl2F3N3O3S. The van der Waals surface area contributed by atoms with E-state index in [1.54, 1.807) is 24.3 Å². The van der Waals surface area contributed by atoms with Crippen LogP contribution in [0.1, 0.15) is 10.5 Å². The van der Waals surface area contributed by atoms with E-state index in [0.29, 0.717) is 21.2 Å². The second kappa shape index (κ2) is 8.09. The number of nitrogens with zero attached hydrogens (tertiary/aromatic N) is 3. The van der Waals surface area contributed by atoms with Gasteiger partial charge < -0.3 is 4.90 Å². The van der Waals surface area contributed by atoms with Crippen molar-refractivity contribution in [1.82, 2.24) is 14.5 Å². The molecule has 1 aromatic heterocycles. The minimum Gasteiger partial charge on any atom is -0.327 e. The Hall–Kier alpha value is -2.56. The maximum Gasteiger partial charge on any atom is 0.406 e. The van der Waals surface area contributed by atoms with Gasteiger partial charge in [0.15, 0.2) is 20.6 Å². The molecule has 0 saturated heterocycles. The Labute approximate surface area is 191 Å². The van der Waals surface area contributed by atoms with E-state index in [9.17, 15) is 26.4 Å². The Kier molecular flexibility index (Phi) is 5.72. The summed E-state index contributed by atoms with van der Waals surface area (Å²) in [4.78, 5) is 17.6. The quantitative estimate of drug-likeness (QED) is 0.521. The fourth-order valence-electron chi connectivity index (χ4n) is 3.43. The minimum atomic E-state index is -4.70. The average Bonchev–Trinajstić information content (AvgIpc) is 3.08. The first kappa shape index (κ1) is 22.6. The molecule has 4 rings (SSSR count). The monoisotopic (exact) mass is 503 g/mol. The van der Waals surface area contributed by atoms with Crippen LogP contribution in [0.15, 0.2) is 53.6 Å². The van der Waals surface area contributed by atoms with Crippen LogP contribution in [0.5, 0.6) is 0 Å². The van der Waals surface area contributed by atoms with E-state index in [0.717, 1.165) is 0 Å². The predicted molar refractivity (Wildman–Crippen MR) is 113 cm³/mol. The second-order valence-electron chi connectivity index (χ2n) is 7.04. The molecule has 0 aliphatic carbocycles. The van der Waals surface area contributed by atoms with E-state index in [1.807, 2.05) is 0 Å². The summed E-state index contributed by atoms with van der Waals surface area (Å²) < 4.78 is 66.6. The number of rotatable bonds is 3. The van der Waals surface area contributed by atoms with Crippen molar-refractivity contribution >= 4 is 38.9 Å². The molecule has 1 amide bonds. The van der Waals surface area contributed by atoms with E-state index in [-0.39, 0.29) is 10.8 Å². The molecule has 0 N–H and O–H groups in total. The number of halogens is 5. The van der Waals surface area contributed by atoms with Crippen molar-refractivity contribution in [2.75, 3.05) is 18.8 Å². The summed E-state index contributed by atoms with van der Waals surface area (Å²) in [5.41, 5.74) is 0.0258. The number of hydrogen-bond acceptors (Lipinski definition) is 4. The first-order valence-electron chi connectivity index (χ1n) is 9.20. The van der Waals surface area contributed by atoms with Gasteiger partial charge in [-0.05, 0) is 36.4 Å². The first-order valence-corrected chi connectivity index (χ1v) is 11.6. The SMILES string of the molecule is O=C1c2nc(-c3ccccc3Cl)n(-c3ccc(Cl)cc3)c2S(=O)(=O)CCN1CC(F)(F)F. The van der Waals surface area contributed by atoms with Gasteiger partial charge in [-0.3, -0.25) is 9.36 Å². The molecule has 0 radical (unpaired) electrons. The molecule has 2 heterocycles. The van der Waals surface area contributed by atoms with Gasteiger partial charge in [-0.15, -0.1) is 0 Å². The lowest BCUT2D eigenvalue weighted by Gasteiger charge is -2.21. The van der Waals surface area contributed by atoms with E-state index in [1.165, 1.54) is 28.8 Å². The van der Waals surface area contributed by atoms with Crippen LogP contribution in [-0.2, 0) is 9.84 Å². The van der Waals surface area contributed by atoms with Gasteiger partial charge in [0.2, 0.25) is 0 Å². The van der Waals surface area contributed by atoms with E-state index in [4.69, 9.17) is 23.2 Å². The molecule has 0 unspecified atom stereocenters. The first-order chi connectivity index (χ1) is 15.0. The third-order valence-corrected chi connectivity index (χ3v) is 7.09.